The highest BCUT2D eigenvalue weighted by Gasteiger charge is 2.25. The number of carbonyl (C=O) groups is 1. The van der Waals surface area contributed by atoms with Crippen molar-refractivity contribution < 1.29 is 14.6 Å². The van der Waals surface area contributed by atoms with E-state index in [4.69, 9.17) is 9.84 Å². The molecule has 1 fully saturated rings. The average Bonchev–Trinajstić information content (AvgIpc) is 2.14. The van der Waals surface area contributed by atoms with Crippen LogP contribution in [0.5, 0.6) is 0 Å². The first-order valence-corrected chi connectivity index (χ1v) is 5.17. The largest absolute Gasteiger partial charge is 0.392 e. The van der Waals surface area contributed by atoms with Gasteiger partial charge in [0.1, 0.15) is 0 Å². The van der Waals surface area contributed by atoms with Gasteiger partial charge >= 0.3 is 0 Å². The topological polar surface area (TPSA) is 58.6 Å². The molecule has 2 N–H and O–H groups in total. The summed E-state index contributed by atoms with van der Waals surface area (Å²) in [5, 5.41) is 11.7. The van der Waals surface area contributed by atoms with E-state index in [0.29, 0.717) is 13.2 Å². The van der Waals surface area contributed by atoms with Crippen molar-refractivity contribution in [2.45, 2.75) is 38.9 Å². The molecule has 1 amide bonds. The lowest BCUT2D eigenvalue weighted by Crippen LogP contribution is -2.39. The number of rotatable bonds is 3. The Bertz CT molecular complexity index is 194. The molecule has 0 aromatic carbocycles. The van der Waals surface area contributed by atoms with Gasteiger partial charge in [-0.15, -0.1) is 0 Å². The summed E-state index contributed by atoms with van der Waals surface area (Å²) >= 11 is 0. The number of amides is 1. The Morgan fingerprint density at radius 1 is 1.71 bits per heavy atom. The maximum absolute atomic E-state index is 11.6. The van der Waals surface area contributed by atoms with Crippen LogP contribution in [0.3, 0.4) is 0 Å². The van der Waals surface area contributed by atoms with Crippen LogP contribution in [0.1, 0.15) is 26.7 Å². The molecule has 3 unspecified atom stereocenters. The first-order chi connectivity index (χ1) is 6.59. The molecule has 1 rings (SSSR count). The zero-order valence-corrected chi connectivity index (χ0v) is 8.82. The van der Waals surface area contributed by atoms with Crippen molar-refractivity contribution in [3.05, 3.63) is 0 Å². The van der Waals surface area contributed by atoms with Gasteiger partial charge in [0.2, 0.25) is 5.91 Å². The van der Waals surface area contributed by atoms with Gasteiger partial charge < -0.3 is 15.2 Å². The van der Waals surface area contributed by atoms with Crippen molar-refractivity contribution in [1.29, 1.82) is 0 Å². The van der Waals surface area contributed by atoms with E-state index in [1.54, 1.807) is 6.92 Å². The van der Waals surface area contributed by atoms with Crippen molar-refractivity contribution in [3.63, 3.8) is 0 Å². The number of aliphatic hydroxyl groups excluding tert-OH is 1. The fraction of sp³-hybridized carbons (Fsp3) is 0.900. The summed E-state index contributed by atoms with van der Waals surface area (Å²) in [6, 6.07) is 0. The fourth-order valence-corrected chi connectivity index (χ4v) is 1.63. The summed E-state index contributed by atoms with van der Waals surface area (Å²) < 4.78 is 5.35. The molecule has 0 aliphatic carbocycles. The average molecular weight is 201 g/mol. The molecule has 0 spiro atoms. The van der Waals surface area contributed by atoms with Gasteiger partial charge in [0.15, 0.2) is 0 Å². The van der Waals surface area contributed by atoms with Gasteiger partial charge in [-0.1, -0.05) is 0 Å². The van der Waals surface area contributed by atoms with Gasteiger partial charge in [0.25, 0.3) is 0 Å². The predicted molar refractivity (Wildman–Crippen MR) is 52.8 cm³/mol. The molecule has 4 nitrogen and oxygen atoms in total. The van der Waals surface area contributed by atoms with E-state index < -0.39 is 6.10 Å². The van der Waals surface area contributed by atoms with Crippen LogP contribution in [0.25, 0.3) is 0 Å². The fourth-order valence-electron chi connectivity index (χ4n) is 1.63. The van der Waals surface area contributed by atoms with E-state index in [1.807, 2.05) is 6.92 Å². The van der Waals surface area contributed by atoms with E-state index in [9.17, 15) is 4.79 Å². The molecule has 82 valence electrons. The van der Waals surface area contributed by atoms with Crippen LogP contribution in [-0.4, -0.2) is 36.4 Å². The Morgan fingerprint density at radius 2 is 2.43 bits per heavy atom. The Balaban J connectivity index is 2.29. The molecule has 0 saturated carbocycles. The molecule has 1 aliphatic rings. The van der Waals surface area contributed by atoms with E-state index in [0.717, 1.165) is 12.8 Å². The van der Waals surface area contributed by atoms with Crippen molar-refractivity contribution in [1.82, 2.24) is 5.32 Å². The van der Waals surface area contributed by atoms with Gasteiger partial charge in [-0.3, -0.25) is 4.79 Å². The lowest BCUT2D eigenvalue weighted by molar-refractivity contribution is -0.130. The minimum absolute atomic E-state index is 0.0426. The van der Waals surface area contributed by atoms with Crippen molar-refractivity contribution in [2.24, 2.45) is 5.92 Å². The Labute approximate surface area is 84.6 Å². The molecule has 1 heterocycles. The summed E-state index contributed by atoms with van der Waals surface area (Å²) in [6.45, 7) is 4.64. The van der Waals surface area contributed by atoms with Crippen molar-refractivity contribution >= 4 is 5.91 Å². The minimum Gasteiger partial charge on any atom is -0.392 e. The maximum atomic E-state index is 11.6. The second kappa shape index (κ2) is 5.32. The van der Waals surface area contributed by atoms with Gasteiger partial charge in [-0.25, -0.2) is 0 Å². The standard InChI is InChI=1S/C10H19NO3/c1-7(12)6-11-10(13)9-3-4-14-8(2)5-9/h7-9,12H,3-6H2,1-2H3,(H,11,13). The molecule has 0 bridgehead atoms. The molecule has 0 aromatic rings. The molecular formula is C10H19NO3. The van der Waals surface area contributed by atoms with Crippen LogP contribution in [-0.2, 0) is 9.53 Å². The lowest BCUT2D eigenvalue weighted by atomic mass is 9.95. The number of aliphatic hydroxyl groups is 1. The predicted octanol–water partition coefficient (Wildman–Crippen LogP) is 0.298. The Morgan fingerprint density at radius 3 is 3.00 bits per heavy atom. The van der Waals surface area contributed by atoms with E-state index >= 15 is 0 Å². The molecule has 3 atom stereocenters. The zero-order valence-electron chi connectivity index (χ0n) is 8.82. The lowest BCUT2D eigenvalue weighted by Gasteiger charge is -2.26. The quantitative estimate of drug-likeness (QED) is 0.690. The van der Waals surface area contributed by atoms with Crippen molar-refractivity contribution in [2.75, 3.05) is 13.2 Å². The third-order valence-corrected chi connectivity index (χ3v) is 2.43. The molecule has 1 aliphatic heterocycles. The van der Waals surface area contributed by atoms with Crippen LogP contribution in [0.2, 0.25) is 0 Å². The number of hydrogen-bond donors (Lipinski definition) is 2. The molecule has 4 heteroatoms. The molecule has 0 aromatic heterocycles. The second-order valence-electron chi connectivity index (χ2n) is 4.00. The molecular weight excluding hydrogens is 182 g/mol. The van der Waals surface area contributed by atoms with Gasteiger partial charge in [-0.2, -0.15) is 0 Å². The van der Waals surface area contributed by atoms with Gasteiger partial charge in [0, 0.05) is 19.1 Å². The number of nitrogens with one attached hydrogen (secondary N) is 1. The van der Waals surface area contributed by atoms with Crippen molar-refractivity contribution in [3.8, 4) is 0 Å². The summed E-state index contributed by atoms with van der Waals surface area (Å²) in [7, 11) is 0. The summed E-state index contributed by atoms with van der Waals surface area (Å²) in [5.74, 6) is 0.0959. The van der Waals surface area contributed by atoms with Gasteiger partial charge in [-0.05, 0) is 26.7 Å². The van der Waals surface area contributed by atoms with Gasteiger partial charge in [0.05, 0.1) is 12.2 Å². The summed E-state index contributed by atoms with van der Waals surface area (Å²) in [5.41, 5.74) is 0. The molecule has 1 saturated heterocycles. The van der Waals surface area contributed by atoms with E-state index in [2.05, 4.69) is 5.32 Å². The van der Waals surface area contributed by atoms with Crippen LogP contribution < -0.4 is 5.32 Å². The van der Waals surface area contributed by atoms with Crippen LogP contribution in [0.4, 0.5) is 0 Å². The summed E-state index contributed by atoms with van der Waals surface area (Å²) in [4.78, 5) is 11.6. The Hall–Kier alpha value is -0.610. The highest BCUT2D eigenvalue weighted by Crippen LogP contribution is 2.19. The van der Waals surface area contributed by atoms with E-state index in [-0.39, 0.29) is 17.9 Å². The third kappa shape index (κ3) is 3.64. The monoisotopic (exact) mass is 201 g/mol. The maximum Gasteiger partial charge on any atom is 0.223 e. The number of carbonyl (C=O) groups excluding carboxylic acids is 1. The minimum atomic E-state index is -0.476. The number of hydrogen-bond acceptors (Lipinski definition) is 3. The van der Waals surface area contributed by atoms with Crippen LogP contribution in [0, 0.1) is 5.92 Å². The SMILES string of the molecule is CC(O)CNC(=O)C1CCOC(C)C1. The highest BCUT2D eigenvalue weighted by molar-refractivity contribution is 5.78. The van der Waals surface area contributed by atoms with Crippen LogP contribution in [0.15, 0.2) is 0 Å². The van der Waals surface area contributed by atoms with Crippen LogP contribution >= 0.6 is 0 Å². The molecule has 14 heavy (non-hydrogen) atoms. The van der Waals surface area contributed by atoms with E-state index in [1.165, 1.54) is 0 Å². The first kappa shape index (κ1) is 11.5. The number of ether oxygens (including phenoxy) is 1. The zero-order chi connectivity index (χ0) is 10.6. The first-order valence-electron chi connectivity index (χ1n) is 5.17. The second-order valence-corrected chi connectivity index (χ2v) is 4.00. The Kier molecular flexibility index (Phi) is 4.35. The third-order valence-electron chi connectivity index (χ3n) is 2.43. The summed E-state index contributed by atoms with van der Waals surface area (Å²) in [6.07, 6.45) is 1.27. The molecule has 0 radical (unpaired) electrons. The smallest absolute Gasteiger partial charge is 0.223 e. The normalized spacial score (nSPS) is 29.6. The highest BCUT2D eigenvalue weighted by atomic mass is 16.5.